The summed E-state index contributed by atoms with van der Waals surface area (Å²) in [5.74, 6) is -0.228. The smallest absolute Gasteiger partial charge is 0.309 e. The quantitative estimate of drug-likeness (QED) is 0.648. The van der Waals surface area contributed by atoms with E-state index < -0.39 is 0 Å². The van der Waals surface area contributed by atoms with Crippen LogP contribution in [-0.2, 0) is 29.7 Å². The van der Waals surface area contributed by atoms with Gasteiger partial charge in [-0.25, -0.2) is 0 Å². The Labute approximate surface area is 165 Å². The third kappa shape index (κ3) is 4.26. The molecule has 0 saturated heterocycles. The molecule has 3 rings (SSSR count). The third-order valence-corrected chi connectivity index (χ3v) is 5.19. The molecule has 152 valence electrons. The van der Waals surface area contributed by atoms with Crippen molar-refractivity contribution in [2.45, 2.75) is 47.2 Å². The average molecular weight is 387 g/mol. The van der Waals surface area contributed by atoms with Crippen molar-refractivity contribution >= 4 is 11.9 Å². The number of ether oxygens (including phenoxy) is 1. The first-order valence-corrected chi connectivity index (χ1v) is 9.83. The summed E-state index contributed by atoms with van der Waals surface area (Å²) < 4.78 is 8.66. The SMILES string of the molecule is CCOC(=O)[C@@H]1C[C@@H]1CN(Cc1cc(C)n(C)n1)C(=O)c1cc(C)nn1CC. The lowest BCUT2D eigenvalue weighted by molar-refractivity contribution is -0.145. The average Bonchev–Trinajstić information content (AvgIpc) is 3.21. The Hall–Kier alpha value is -2.64. The second kappa shape index (κ2) is 8.16. The highest BCUT2D eigenvalue weighted by atomic mass is 16.5. The molecule has 8 nitrogen and oxygen atoms in total. The van der Waals surface area contributed by atoms with Crippen LogP contribution in [0.25, 0.3) is 0 Å². The van der Waals surface area contributed by atoms with E-state index in [1.54, 1.807) is 14.3 Å². The van der Waals surface area contributed by atoms with Crippen LogP contribution in [0.4, 0.5) is 0 Å². The topological polar surface area (TPSA) is 82.2 Å². The van der Waals surface area contributed by atoms with Crippen LogP contribution in [0.1, 0.15) is 47.8 Å². The number of carbonyl (C=O) groups excluding carboxylic acids is 2. The minimum absolute atomic E-state index is 0.0831. The molecule has 0 aliphatic heterocycles. The lowest BCUT2D eigenvalue weighted by Gasteiger charge is -2.22. The maximum Gasteiger partial charge on any atom is 0.309 e. The van der Waals surface area contributed by atoms with E-state index in [1.165, 1.54) is 0 Å². The highest BCUT2D eigenvalue weighted by Crippen LogP contribution is 2.40. The number of hydrogen-bond donors (Lipinski definition) is 0. The minimum Gasteiger partial charge on any atom is -0.466 e. The van der Waals surface area contributed by atoms with Crippen molar-refractivity contribution in [3.63, 3.8) is 0 Å². The summed E-state index contributed by atoms with van der Waals surface area (Å²) in [5.41, 5.74) is 3.25. The molecule has 0 aromatic carbocycles. The van der Waals surface area contributed by atoms with Gasteiger partial charge in [0, 0.05) is 25.8 Å². The summed E-state index contributed by atoms with van der Waals surface area (Å²) in [6, 6.07) is 3.80. The Morgan fingerprint density at radius 3 is 2.61 bits per heavy atom. The van der Waals surface area contributed by atoms with E-state index in [4.69, 9.17) is 4.74 Å². The normalized spacial score (nSPS) is 18.2. The zero-order chi connectivity index (χ0) is 20.4. The van der Waals surface area contributed by atoms with Gasteiger partial charge < -0.3 is 9.64 Å². The van der Waals surface area contributed by atoms with Gasteiger partial charge in [-0.3, -0.25) is 19.0 Å². The number of esters is 1. The molecule has 1 amide bonds. The maximum absolute atomic E-state index is 13.3. The van der Waals surface area contributed by atoms with Crippen molar-refractivity contribution in [2.75, 3.05) is 13.2 Å². The van der Waals surface area contributed by atoms with Gasteiger partial charge in [-0.2, -0.15) is 10.2 Å². The molecule has 0 unspecified atom stereocenters. The molecule has 2 heterocycles. The molecule has 0 spiro atoms. The van der Waals surface area contributed by atoms with E-state index in [0.29, 0.717) is 31.9 Å². The first-order valence-electron chi connectivity index (χ1n) is 9.83. The summed E-state index contributed by atoms with van der Waals surface area (Å²) in [6.45, 7) is 9.55. The molecule has 2 aromatic heterocycles. The number of nitrogens with zero attached hydrogens (tertiary/aromatic N) is 5. The fraction of sp³-hybridized carbons (Fsp3) is 0.600. The second-order valence-electron chi connectivity index (χ2n) is 7.43. The van der Waals surface area contributed by atoms with Crippen molar-refractivity contribution in [1.29, 1.82) is 0 Å². The van der Waals surface area contributed by atoms with Gasteiger partial charge in [0.05, 0.1) is 30.5 Å². The van der Waals surface area contributed by atoms with Gasteiger partial charge in [-0.05, 0) is 52.2 Å². The van der Waals surface area contributed by atoms with Gasteiger partial charge in [-0.1, -0.05) is 0 Å². The van der Waals surface area contributed by atoms with Gasteiger partial charge in [0.15, 0.2) is 0 Å². The number of amides is 1. The van der Waals surface area contributed by atoms with E-state index >= 15 is 0 Å². The standard InChI is InChI=1S/C20H29N5O3/c1-6-25-18(8-13(3)21-25)19(26)24(12-16-9-14(4)23(5)22-16)11-15-10-17(15)20(27)28-7-2/h8-9,15,17H,6-7,10-12H2,1-5H3/t15-,17-/m1/s1. The van der Waals surface area contributed by atoms with Gasteiger partial charge in [0.2, 0.25) is 0 Å². The summed E-state index contributed by atoms with van der Waals surface area (Å²) in [4.78, 5) is 27.1. The van der Waals surface area contributed by atoms with Crippen LogP contribution < -0.4 is 0 Å². The number of hydrogen-bond acceptors (Lipinski definition) is 5. The van der Waals surface area contributed by atoms with Crippen LogP contribution >= 0.6 is 0 Å². The molecule has 0 N–H and O–H groups in total. The van der Waals surface area contributed by atoms with Crippen LogP contribution in [0.15, 0.2) is 12.1 Å². The molecule has 8 heteroatoms. The summed E-state index contributed by atoms with van der Waals surface area (Å²) in [5, 5.41) is 8.89. The summed E-state index contributed by atoms with van der Waals surface area (Å²) >= 11 is 0. The Kier molecular flexibility index (Phi) is 5.86. The van der Waals surface area contributed by atoms with Crippen LogP contribution in [0.5, 0.6) is 0 Å². The number of aromatic nitrogens is 4. The first kappa shape index (κ1) is 20.1. The summed E-state index contributed by atoms with van der Waals surface area (Å²) in [7, 11) is 1.89. The molecule has 1 fully saturated rings. The molecule has 1 aliphatic carbocycles. The Morgan fingerprint density at radius 1 is 1.25 bits per heavy atom. The molecule has 1 aliphatic rings. The van der Waals surface area contributed by atoms with E-state index in [2.05, 4.69) is 10.2 Å². The first-order chi connectivity index (χ1) is 13.3. The monoisotopic (exact) mass is 387 g/mol. The van der Waals surface area contributed by atoms with Crippen LogP contribution in [0.3, 0.4) is 0 Å². The highest BCUT2D eigenvalue weighted by Gasteiger charge is 2.45. The molecule has 1 saturated carbocycles. The van der Waals surface area contributed by atoms with Gasteiger partial charge in [0.25, 0.3) is 5.91 Å². The molecule has 0 radical (unpaired) electrons. The minimum atomic E-state index is -0.164. The molecule has 2 aromatic rings. The van der Waals surface area contributed by atoms with Crippen molar-refractivity contribution in [3.8, 4) is 0 Å². The Bertz CT molecular complexity index is 850. The predicted octanol–water partition coefficient (Wildman–Crippen LogP) is 2.09. The molecular formula is C20H29N5O3. The fourth-order valence-electron chi connectivity index (χ4n) is 3.52. The van der Waals surface area contributed by atoms with Crippen molar-refractivity contribution in [2.24, 2.45) is 18.9 Å². The van der Waals surface area contributed by atoms with Crippen LogP contribution in [0, 0.1) is 25.7 Å². The van der Waals surface area contributed by atoms with E-state index in [1.807, 2.05) is 46.9 Å². The van der Waals surface area contributed by atoms with Crippen molar-refractivity contribution < 1.29 is 14.3 Å². The van der Waals surface area contributed by atoms with Crippen molar-refractivity contribution in [1.82, 2.24) is 24.5 Å². The lowest BCUT2D eigenvalue weighted by atomic mass is 10.2. The van der Waals surface area contributed by atoms with Gasteiger partial charge in [0.1, 0.15) is 5.69 Å². The second-order valence-corrected chi connectivity index (χ2v) is 7.43. The number of carbonyl (C=O) groups is 2. The van der Waals surface area contributed by atoms with Crippen LogP contribution in [0.2, 0.25) is 0 Å². The van der Waals surface area contributed by atoms with E-state index in [9.17, 15) is 9.59 Å². The van der Waals surface area contributed by atoms with E-state index in [-0.39, 0.29) is 23.7 Å². The molecular weight excluding hydrogens is 358 g/mol. The number of rotatable bonds is 8. The predicted molar refractivity (Wildman–Crippen MR) is 104 cm³/mol. The van der Waals surface area contributed by atoms with Crippen molar-refractivity contribution in [3.05, 3.63) is 34.9 Å². The van der Waals surface area contributed by atoms with E-state index in [0.717, 1.165) is 23.5 Å². The fourth-order valence-corrected chi connectivity index (χ4v) is 3.52. The van der Waals surface area contributed by atoms with Gasteiger partial charge >= 0.3 is 5.97 Å². The summed E-state index contributed by atoms with van der Waals surface area (Å²) in [6.07, 6.45) is 0.760. The Morgan fingerprint density at radius 2 is 2.00 bits per heavy atom. The molecule has 28 heavy (non-hydrogen) atoms. The third-order valence-electron chi connectivity index (χ3n) is 5.19. The molecule has 0 bridgehead atoms. The van der Waals surface area contributed by atoms with Gasteiger partial charge in [-0.15, -0.1) is 0 Å². The maximum atomic E-state index is 13.3. The Balaban J connectivity index is 1.80. The zero-order valence-corrected chi connectivity index (χ0v) is 17.3. The zero-order valence-electron chi connectivity index (χ0n) is 17.3. The largest absolute Gasteiger partial charge is 0.466 e. The highest BCUT2D eigenvalue weighted by molar-refractivity contribution is 5.92. The van der Waals surface area contributed by atoms with Crippen LogP contribution in [-0.4, -0.2) is 49.5 Å². The lowest BCUT2D eigenvalue weighted by Crippen LogP contribution is -2.34. The number of aryl methyl sites for hydroxylation is 4. The molecule has 2 atom stereocenters.